The predicted molar refractivity (Wildman–Crippen MR) is 68.0 cm³/mol. The highest BCUT2D eigenvalue weighted by Gasteiger charge is 2.22. The summed E-state index contributed by atoms with van der Waals surface area (Å²) in [5.74, 6) is -2.59. The van der Waals surface area contributed by atoms with Gasteiger partial charge in [-0.2, -0.15) is 0 Å². The van der Waals surface area contributed by atoms with E-state index >= 15 is 0 Å². The van der Waals surface area contributed by atoms with Gasteiger partial charge in [0.1, 0.15) is 5.75 Å². The Morgan fingerprint density at radius 2 is 2.13 bits per heavy atom. The van der Waals surface area contributed by atoms with Gasteiger partial charge in [0, 0.05) is 15.0 Å². The lowest BCUT2D eigenvalue weighted by Gasteiger charge is -2.13. The summed E-state index contributed by atoms with van der Waals surface area (Å²) in [6, 6.07) is 3.23. The van der Waals surface area contributed by atoms with Gasteiger partial charge in [-0.3, -0.25) is 0 Å². The van der Waals surface area contributed by atoms with Crippen LogP contribution in [-0.2, 0) is 0 Å². The number of benzene rings is 1. The quantitative estimate of drug-likeness (QED) is 0.516. The summed E-state index contributed by atoms with van der Waals surface area (Å²) in [6.45, 7) is 0.120. The Bertz CT molecular complexity index is 368. The first-order valence-electron chi connectivity index (χ1n) is 3.95. The average molecular weight is 411 g/mol. The Kier molecular flexibility index (Phi) is 4.61. The molecule has 0 unspecified atom stereocenters. The van der Waals surface area contributed by atoms with Crippen molar-refractivity contribution in [2.24, 2.45) is 0 Å². The first kappa shape index (κ1) is 13.4. The van der Waals surface area contributed by atoms with Crippen molar-refractivity contribution in [3.8, 4) is 5.75 Å². The second-order valence-corrected chi connectivity index (χ2v) is 5.48. The number of hydrogen-bond acceptors (Lipinski definition) is 1. The predicted octanol–water partition coefficient (Wildman–Crippen LogP) is 4.74. The van der Waals surface area contributed by atoms with E-state index in [2.05, 4.69) is 38.5 Å². The van der Waals surface area contributed by atoms with E-state index in [1.807, 2.05) is 0 Å². The third-order valence-corrected chi connectivity index (χ3v) is 4.04. The zero-order chi connectivity index (χ0) is 11.6. The van der Waals surface area contributed by atoms with Gasteiger partial charge in [-0.05, 0) is 50.7 Å². The van der Waals surface area contributed by atoms with Crippen LogP contribution >= 0.6 is 50.1 Å². The van der Waals surface area contributed by atoms with Crippen molar-refractivity contribution in [3.63, 3.8) is 0 Å². The maximum atomic E-state index is 12.5. The molecular formula is C9H7BrClF2IO. The molecule has 1 aromatic carbocycles. The summed E-state index contributed by atoms with van der Waals surface area (Å²) in [4.78, 5) is 0. The van der Waals surface area contributed by atoms with Crippen LogP contribution in [-0.4, -0.2) is 12.5 Å². The molecule has 0 aliphatic carbocycles. The van der Waals surface area contributed by atoms with Gasteiger partial charge in [-0.15, -0.1) is 0 Å². The SMILES string of the molecule is CC(F)(F)COc1cc(I)c(Br)cc1Cl. The smallest absolute Gasteiger partial charge is 0.278 e. The molecule has 84 valence electrons. The Labute approximate surface area is 113 Å². The minimum Gasteiger partial charge on any atom is -0.486 e. The van der Waals surface area contributed by atoms with E-state index in [9.17, 15) is 8.78 Å². The molecule has 0 radical (unpaired) electrons. The number of halogens is 5. The van der Waals surface area contributed by atoms with Crippen LogP contribution in [0.3, 0.4) is 0 Å². The van der Waals surface area contributed by atoms with Crippen LogP contribution in [0.1, 0.15) is 6.92 Å². The van der Waals surface area contributed by atoms with Gasteiger partial charge in [0.25, 0.3) is 5.92 Å². The molecule has 0 aliphatic rings. The van der Waals surface area contributed by atoms with E-state index in [1.54, 1.807) is 12.1 Å². The maximum absolute atomic E-state index is 12.5. The highest BCUT2D eigenvalue weighted by molar-refractivity contribution is 14.1. The van der Waals surface area contributed by atoms with Gasteiger partial charge in [0.05, 0.1) is 5.02 Å². The molecule has 0 fully saturated rings. The number of rotatable bonds is 3. The van der Waals surface area contributed by atoms with Crippen molar-refractivity contribution in [1.82, 2.24) is 0 Å². The Morgan fingerprint density at radius 1 is 1.53 bits per heavy atom. The fraction of sp³-hybridized carbons (Fsp3) is 0.333. The molecule has 15 heavy (non-hydrogen) atoms. The molecule has 1 rings (SSSR count). The van der Waals surface area contributed by atoms with E-state index in [0.29, 0.717) is 5.02 Å². The first-order chi connectivity index (χ1) is 6.79. The van der Waals surface area contributed by atoms with E-state index in [-0.39, 0.29) is 5.75 Å². The summed E-state index contributed by atoms with van der Waals surface area (Å²) < 4.78 is 31.7. The largest absolute Gasteiger partial charge is 0.486 e. The molecule has 1 aromatic rings. The van der Waals surface area contributed by atoms with Gasteiger partial charge >= 0.3 is 0 Å². The minimum atomic E-state index is -2.86. The van der Waals surface area contributed by atoms with Crippen LogP contribution in [0.2, 0.25) is 5.02 Å². The van der Waals surface area contributed by atoms with Gasteiger partial charge in [0.2, 0.25) is 0 Å². The summed E-state index contributed by atoms with van der Waals surface area (Å²) >= 11 is 11.2. The molecule has 0 amide bonds. The lowest BCUT2D eigenvalue weighted by molar-refractivity contribution is -0.0229. The third-order valence-electron chi connectivity index (χ3n) is 1.46. The molecule has 0 bridgehead atoms. The standard InChI is InChI=1S/C9H7BrClF2IO/c1-9(12,13)4-15-8-3-7(14)5(10)2-6(8)11/h2-3H,4H2,1H3. The molecule has 0 atom stereocenters. The van der Waals surface area contributed by atoms with Crippen LogP contribution in [0.25, 0.3) is 0 Å². The van der Waals surface area contributed by atoms with Crippen molar-refractivity contribution in [2.45, 2.75) is 12.8 Å². The maximum Gasteiger partial charge on any atom is 0.278 e. The zero-order valence-corrected chi connectivity index (χ0v) is 12.2. The van der Waals surface area contributed by atoms with Crippen LogP contribution in [0.4, 0.5) is 8.78 Å². The normalized spacial score (nSPS) is 11.6. The molecule has 0 saturated carbocycles. The van der Waals surface area contributed by atoms with Crippen molar-refractivity contribution < 1.29 is 13.5 Å². The van der Waals surface area contributed by atoms with E-state index in [4.69, 9.17) is 16.3 Å². The van der Waals surface area contributed by atoms with Crippen molar-refractivity contribution in [3.05, 3.63) is 25.2 Å². The zero-order valence-electron chi connectivity index (χ0n) is 7.66. The van der Waals surface area contributed by atoms with Crippen molar-refractivity contribution >= 4 is 50.1 Å². The Hall–Kier alpha value is 0.380. The molecule has 0 aliphatic heterocycles. The summed E-state index contributed by atoms with van der Waals surface area (Å²) in [6.07, 6.45) is 0. The molecule has 1 nitrogen and oxygen atoms in total. The number of alkyl halides is 2. The fourth-order valence-corrected chi connectivity index (χ4v) is 1.95. The molecular weight excluding hydrogens is 404 g/mol. The second kappa shape index (κ2) is 5.14. The topological polar surface area (TPSA) is 9.23 Å². The summed E-state index contributed by atoms with van der Waals surface area (Å²) in [7, 11) is 0. The highest BCUT2D eigenvalue weighted by atomic mass is 127. The molecule has 6 heteroatoms. The fourth-order valence-electron chi connectivity index (χ4n) is 0.819. The highest BCUT2D eigenvalue weighted by Crippen LogP contribution is 2.32. The van der Waals surface area contributed by atoms with E-state index in [1.165, 1.54) is 0 Å². The van der Waals surface area contributed by atoms with Crippen LogP contribution in [0.5, 0.6) is 5.75 Å². The van der Waals surface area contributed by atoms with E-state index < -0.39 is 12.5 Å². The van der Waals surface area contributed by atoms with Gasteiger partial charge in [-0.25, -0.2) is 8.78 Å². The van der Waals surface area contributed by atoms with Crippen molar-refractivity contribution in [1.29, 1.82) is 0 Å². The van der Waals surface area contributed by atoms with Crippen LogP contribution < -0.4 is 4.74 Å². The number of hydrogen-bond donors (Lipinski definition) is 0. The second-order valence-electron chi connectivity index (χ2n) is 3.06. The molecule has 0 heterocycles. The summed E-state index contributed by atoms with van der Waals surface area (Å²) in [5, 5.41) is 0.312. The molecule has 0 aromatic heterocycles. The van der Waals surface area contributed by atoms with E-state index in [0.717, 1.165) is 15.0 Å². The van der Waals surface area contributed by atoms with Gasteiger partial charge in [-0.1, -0.05) is 11.6 Å². The lowest BCUT2D eigenvalue weighted by Crippen LogP contribution is -2.21. The third kappa shape index (κ3) is 4.40. The lowest BCUT2D eigenvalue weighted by atomic mass is 10.3. The molecule has 0 saturated heterocycles. The monoisotopic (exact) mass is 410 g/mol. The Morgan fingerprint density at radius 3 is 2.67 bits per heavy atom. The minimum absolute atomic E-state index is 0.269. The Balaban J connectivity index is 2.82. The van der Waals surface area contributed by atoms with Gasteiger partial charge in [0.15, 0.2) is 6.61 Å². The summed E-state index contributed by atoms with van der Waals surface area (Å²) in [5.41, 5.74) is 0. The van der Waals surface area contributed by atoms with Gasteiger partial charge < -0.3 is 4.74 Å². The van der Waals surface area contributed by atoms with Crippen LogP contribution in [0, 0.1) is 3.57 Å². The molecule has 0 N–H and O–H groups in total. The first-order valence-corrected chi connectivity index (χ1v) is 6.20. The van der Waals surface area contributed by atoms with Crippen LogP contribution in [0.15, 0.2) is 16.6 Å². The molecule has 0 spiro atoms. The average Bonchev–Trinajstić information content (AvgIpc) is 2.07. The number of ether oxygens (including phenoxy) is 1. The van der Waals surface area contributed by atoms with Crippen molar-refractivity contribution in [2.75, 3.05) is 6.61 Å².